The normalized spacial score (nSPS) is 12.8. The number of imidazole rings is 1. The van der Waals surface area contributed by atoms with Crippen LogP contribution in [0.5, 0.6) is 0 Å². The second kappa shape index (κ2) is 10.1. The summed E-state index contributed by atoms with van der Waals surface area (Å²) in [5, 5.41) is 0. The van der Waals surface area contributed by atoms with Gasteiger partial charge in [0.25, 0.3) is 0 Å². The van der Waals surface area contributed by atoms with E-state index in [0.29, 0.717) is 6.10 Å². The van der Waals surface area contributed by atoms with E-state index in [1.807, 2.05) is 18.7 Å². The van der Waals surface area contributed by atoms with Gasteiger partial charge < -0.3 is 9.30 Å². The monoisotopic (exact) mass is 252 g/mol. The Morgan fingerprint density at radius 1 is 1.11 bits per heavy atom. The quantitative estimate of drug-likeness (QED) is 0.556. The predicted octanol–water partition coefficient (Wildman–Crippen LogP) is 4.04. The van der Waals surface area contributed by atoms with Crippen LogP contribution < -0.4 is 0 Å². The molecule has 0 aliphatic carbocycles. The molecule has 1 heterocycles. The van der Waals surface area contributed by atoms with E-state index >= 15 is 0 Å². The lowest BCUT2D eigenvalue weighted by Gasteiger charge is -2.17. The zero-order valence-corrected chi connectivity index (χ0v) is 12.0. The van der Waals surface area contributed by atoms with E-state index in [-0.39, 0.29) is 0 Å². The summed E-state index contributed by atoms with van der Waals surface area (Å²) in [6.07, 6.45) is 15.3. The first-order valence-electron chi connectivity index (χ1n) is 7.44. The van der Waals surface area contributed by atoms with Crippen molar-refractivity contribution in [2.24, 2.45) is 0 Å². The minimum absolute atomic E-state index is 0.343. The maximum Gasteiger partial charge on any atom is 0.0946 e. The predicted molar refractivity (Wildman–Crippen MR) is 75.6 cm³/mol. The molecule has 1 atom stereocenters. The minimum atomic E-state index is 0.343. The SMILES string of the molecule is CCCCCCCCC(Cn1ccnc1)OCC. The highest BCUT2D eigenvalue weighted by molar-refractivity contribution is 4.76. The van der Waals surface area contributed by atoms with Crippen LogP contribution >= 0.6 is 0 Å². The molecule has 0 aromatic carbocycles. The lowest BCUT2D eigenvalue weighted by molar-refractivity contribution is 0.0426. The van der Waals surface area contributed by atoms with Gasteiger partial charge in [-0.05, 0) is 13.3 Å². The molecular weight excluding hydrogens is 224 g/mol. The number of hydrogen-bond acceptors (Lipinski definition) is 2. The first-order chi connectivity index (χ1) is 8.86. The fourth-order valence-corrected chi connectivity index (χ4v) is 2.25. The van der Waals surface area contributed by atoms with Crippen LogP contribution in [0.15, 0.2) is 18.7 Å². The highest BCUT2D eigenvalue weighted by Gasteiger charge is 2.08. The van der Waals surface area contributed by atoms with Crippen LogP contribution in [0.1, 0.15) is 58.8 Å². The van der Waals surface area contributed by atoms with Gasteiger partial charge in [0.1, 0.15) is 0 Å². The molecular formula is C15H28N2O. The second-order valence-electron chi connectivity index (χ2n) is 4.89. The number of rotatable bonds is 11. The Labute approximate surface area is 112 Å². The molecule has 3 heteroatoms. The Kier molecular flexibility index (Phi) is 8.57. The Morgan fingerprint density at radius 2 is 1.89 bits per heavy atom. The Balaban J connectivity index is 2.13. The first-order valence-corrected chi connectivity index (χ1v) is 7.44. The van der Waals surface area contributed by atoms with Crippen LogP contribution in [-0.4, -0.2) is 22.3 Å². The summed E-state index contributed by atoms with van der Waals surface area (Å²) < 4.78 is 7.90. The molecule has 0 bridgehead atoms. The average Bonchev–Trinajstić information content (AvgIpc) is 2.86. The fourth-order valence-electron chi connectivity index (χ4n) is 2.25. The van der Waals surface area contributed by atoms with Crippen LogP contribution in [0, 0.1) is 0 Å². The minimum Gasteiger partial charge on any atom is -0.377 e. The average molecular weight is 252 g/mol. The third-order valence-electron chi connectivity index (χ3n) is 3.26. The molecule has 18 heavy (non-hydrogen) atoms. The van der Waals surface area contributed by atoms with Crippen molar-refractivity contribution in [3.8, 4) is 0 Å². The van der Waals surface area contributed by atoms with E-state index in [0.717, 1.165) is 19.6 Å². The zero-order chi connectivity index (χ0) is 13.1. The Bertz CT molecular complexity index is 272. The molecule has 0 N–H and O–H groups in total. The maximum absolute atomic E-state index is 5.79. The second-order valence-corrected chi connectivity index (χ2v) is 4.89. The molecule has 0 fully saturated rings. The third kappa shape index (κ3) is 6.80. The van der Waals surface area contributed by atoms with Crippen LogP contribution in [0.25, 0.3) is 0 Å². The van der Waals surface area contributed by atoms with Crippen molar-refractivity contribution in [2.75, 3.05) is 6.61 Å². The molecule has 3 nitrogen and oxygen atoms in total. The summed E-state index contributed by atoms with van der Waals surface area (Å²) in [7, 11) is 0. The van der Waals surface area contributed by atoms with Crippen molar-refractivity contribution >= 4 is 0 Å². The van der Waals surface area contributed by atoms with Crippen LogP contribution in [-0.2, 0) is 11.3 Å². The van der Waals surface area contributed by atoms with E-state index in [9.17, 15) is 0 Å². The largest absolute Gasteiger partial charge is 0.377 e. The first kappa shape index (κ1) is 15.2. The fraction of sp³-hybridized carbons (Fsp3) is 0.800. The molecule has 0 spiro atoms. The standard InChI is InChI=1S/C15H28N2O/c1-3-5-6-7-8-9-10-15(18-4-2)13-17-12-11-16-14-17/h11-12,14-15H,3-10,13H2,1-2H3. The van der Waals surface area contributed by atoms with Crippen molar-refractivity contribution in [1.29, 1.82) is 0 Å². The molecule has 1 unspecified atom stereocenters. The summed E-state index contributed by atoms with van der Waals surface area (Å²) in [5.74, 6) is 0. The number of hydrogen-bond donors (Lipinski definition) is 0. The summed E-state index contributed by atoms with van der Waals surface area (Å²) in [6.45, 7) is 6.07. The molecule has 0 aliphatic heterocycles. The van der Waals surface area contributed by atoms with Gasteiger partial charge in [0.2, 0.25) is 0 Å². The van der Waals surface area contributed by atoms with Crippen LogP contribution in [0.4, 0.5) is 0 Å². The molecule has 1 rings (SSSR count). The number of aromatic nitrogens is 2. The van der Waals surface area contributed by atoms with E-state index in [4.69, 9.17) is 4.74 Å². The van der Waals surface area contributed by atoms with Gasteiger partial charge in [-0.25, -0.2) is 4.98 Å². The van der Waals surface area contributed by atoms with E-state index in [1.54, 1.807) is 0 Å². The molecule has 1 aromatic rings. The van der Waals surface area contributed by atoms with Gasteiger partial charge in [-0.15, -0.1) is 0 Å². The van der Waals surface area contributed by atoms with Crippen molar-refractivity contribution in [3.63, 3.8) is 0 Å². The molecule has 0 amide bonds. The summed E-state index contributed by atoms with van der Waals surface area (Å²) in [4.78, 5) is 4.07. The summed E-state index contributed by atoms with van der Waals surface area (Å²) >= 11 is 0. The van der Waals surface area contributed by atoms with Gasteiger partial charge in [0.15, 0.2) is 0 Å². The van der Waals surface area contributed by atoms with Gasteiger partial charge in [-0.3, -0.25) is 0 Å². The van der Waals surface area contributed by atoms with Gasteiger partial charge in [-0.1, -0.05) is 45.4 Å². The van der Waals surface area contributed by atoms with E-state index < -0.39 is 0 Å². The van der Waals surface area contributed by atoms with Crippen molar-refractivity contribution in [2.45, 2.75) is 71.4 Å². The molecule has 0 radical (unpaired) electrons. The van der Waals surface area contributed by atoms with Crippen LogP contribution in [0.2, 0.25) is 0 Å². The Morgan fingerprint density at radius 3 is 2.56 bits per heavy atom. The van der Waals surface area contributed by atoms with Crippen LogP contribution in [0.3, 0.4) is 0 Å². The smallest absolute Gasteiger partial charge is 0.0946 e. The highest BCUT2D eigenvalue weighted by Crippen LogP contribution is 2.12. The molecule has 0 saturated carbocycles. The maximum atomic E-state index is 5.79. The number of nitrogens with zero attached hydrogens (tertiary/aromatic N) is 2. The highest BCUT2D eigenvalue weighted by atomic mass is 16.5. The van der Waals surface area contributed by atoms with Crippen molar-refractivity contribution < 1.29 is 4.74 Å². The topological polar surface area (TPSA) is 27.1 Å². The Hall–Kier alpha value is -0.830. The summed E-state index contributed by atoms with van der Waals surface area (Å²) in [6, 6.07) is 0. The van der Waals surface area contributed by atoms with E-state index in [2.05, 4.69) is 23.4 Å². The van der Waals surface area contributed by atoms with Gasteiger partial charge >= 0.3 is 0 Å². The number of ether oxygens (including phenoxy) is 1. The van der Waals surface area contributed by atoms with E-state index in [1.165, 1.54) is 38.5 Å². The third-order valence-corrected chi connectivity index (χ3v) is 3.26. The molecule has 1 aromatic heterocycles. The van der Waals surface area contributed by atoms with Gasteiger partial charge in [-0.2, -0.15) is 0 Å². The summed E-state index contributed by atoms with van der Waals surface area (Å²) in [5.41, 5.74) is 0. The zero-order valence-electron chi connectivity index (χ0n) is 12.0. The van der Waals surface area contributed by atoms with Crippen molar-refractivity contribution in [3.05, 3.63) is 18.7 Å². The molecule has 104 valence electrons. The molecule has 0 aliphatic rings. The van der Waals surface area contributed by atoms with Gasteiger partial charge in [0.05, 0.1) is 12.4 Å². The molecule has 0 saturated heterocycles. The van der Waals surface area contributed by atoms with Gasteiger partial charge in [0, 0.05) is 25.5 Å². The number of unbranched alkanes of at least 4 members (excludes halogenated alkanes) is 5. The van der Waals surface area contributed by atoms with Crippen molar-refractivity contribution in [1.82, 2.24) is 9.55 Å². The lowest BCUT2D eigenvalue weighted by Crippen LogP contribution is -2.19. The lowest BCUT2D eigenvalue weighted by atomic mass is 10.1.